The zero-order chi connectivity index (χ0) is 28.4. The van der Waals surface area contributed by atoms with Gasteiger partial charge in [-0.2, -0.15) is 0 Å². The summed E-state index contributed by atoms with van der Waals surface area (Å²) < 4.78 is 61.1. The van der Waals surface area contributed by atoms with E-state index in [0.29, 0.717) is 17.5 Å². The molecular formula is C28H28F2N6O3S. The summed E-state index contributed by atoms with van der Waals surface area (Å²) in [5.41, 5.74) is 2.13. The normalized spacial score (nSPS) is 14.2. The minimum Gasteiger partial charge on any atom is -0.480 e. The van der Waals surface area contributed by atoms with Crippen molar-refractivity contribution >= 4 is 32.4 Å². The third kappa shape index (κ3) is 5.53. The lowest BCUT2D eigenvalue weighted by molar-refractivity contribution is 0.348. The third-order valence-electron chi connectivity index (χ3n) is 6.57. The van der Waals surface area contributed by atoms with Crippen molar-refractivity contribution in [3.63, 3.8) is 0 Å². The summed E-state index contributed by atoms with van der Waals surface area (Å²) in [4.78, 5) is 17.4. The minimum absolute atomic E-state index is 0.00398. The number of hydrogen-bond acceptors (Lipinski definition) is 8. The molecule has 9 nitrogen and oxygen atoms in total. The zero-order valence-electron chi connectivity index (χ0n) is 22.2. The highest BCUT2D eigenvalue weighted by Gasteiger charge is 2.23. The Morgan fingerprint density at radius 2 is 1.77 bits per heavy atom. The molecule has 1 aliphatic heterocycles. The second kappa shape index (κ2) is 11.0. The fourth-order valence-electron chi connectivity index (χ4n) is 4.68. The van der Waals surface area contributed by atoms with Crippen molar-refractivity contribution in [2.24, 2.45) is 0 Å². The lowest BCUT2D eigenvalue weighted by Crippen LogP contribution is -2.44. The van der Waals surface area contributed by atoms with Crippen LogP contribution in [0.25, 0.3) is 22.0 Å². The first kappa shape index (κ1) is 27.3. The van der Waals surface area contributed by atoms with Crippen molar-refractivity contribution < 1.29 is 21.9 Å². The second-order valence-electron chi connectivity index (χ2n) is 9.29. The van der Waals surface area contributed by atoms with Crippen LogP contribution < -0.4 is 14.4 Å². The Balaban J connectivity index is 1.52. The van der Waals surface area contributed by atoms with E-state index < -0.39 is 26.6 Å². The molecule has 12 heteroatoms. The Bertz CT molecular complexity index is 1710. The van der Waals surface area contributed by atoms with E-state index in [2.05, 4.69) is 30.7 Å². The molecule has 1 N–H and O–H groups in total. The summed E-state index contributed by atoms with van der Waals surface area (Å²) in [6, 6.07) is 9.50. The van der Waals surface area contributed by atoms with Gasteiger partial charge in [-0.15, -0.1) is 0 Å². The molecule has 1 aliphatic rings. The van der Waals surface area contributed by atoms with Crippen molar-refractivity contribution in [2.45, 2.75) is 18.7 Å². The van der Waals surface area contributed by atoms with Gasteiger partial charge in [0, 0.05) is 49.4 Å². The van der Waals surface area contributed by atoms with Gasteiger partial charge in [0.15, 0.2) is 0 Å². The van der Waals surface area contributed by atoms with E-state index in [1.165, 1.54) is 7.11 Å². The van der Waals surface area contributed by atoms with Gasteiger partial charge in [-0.1, -0.05) is 12.1 Å². The van der Waals surface area contributed by atoms with Gasteiger partial charge in [0.1, 0.15) is 33.9 Å². The van der Waals surface area contributed by atoms with Gasteiger partial charge in [0.2, 0.25) is 5.88 Å². The van der Waals surface area contributed by atoms with Crippen LogP contribution in [0.15, 0.2) is 65.8 Å². The largest absolute Gasteiger partial charge is 0.480 e. The van der Waals surface area contributed by atoms with Gasteiger partial charge < -0.3 is 14.5 Å². The number of sulfonamides is 1. The maximum absolute atomic E-state index is 14.3. The SMILES string of the molecule is CC=CN1CCN(c2nc(C)nc3ccc(-c4cnc(OC)c(NS(=O)(=O)c5ccc(F)cc5F)c4)cc23)CC1. The summed E-state index contributed by atoms with van der Waals surface area (Å²) in [5.74, 6) is -0.596. The van der Waals surface area contributed by atoms with Crippen LogP contribution in [0.1, 0.15) is 12.7 Å². The van der Waals surface area contributed by atoms with Gasteiger partial charge >= 0.3 is 0 Å². The molecule has 208 valence electrons. The van der Waals surface area contributed by atoms with Crippen molar-refractivity contribution in [2.75, 3.05) is 42.9 Å². The van der Waals surface area contributed by atoms with E-state index >= 15 is 0 Å². The van der Waals surface area contributed by atoms with Crippen LogP contribution in [0.2, 0.25) is 0 Å². The highest BCUT2D eigenvalue weighted by Crippen LogP contribution is 2.34. The second-order valence-corrected chi connectivity index (χ2v) is 10.9. The molecule has 1 saturated heterocycles. The Morgan fingerprint density at radius 3 is 2.48 bits per heavy atom. The molecular weight excluding hydrogens is 538 g/mol. The smallest absolute Gasteiger partial charge is 0.264 e. The fraction of sp³-hybridized carbons (Fsp3) is 0.250. The van der Waals surface area contributed by atoms with Gasteiger partial charge in [0.05, 0.1) is 12.6 Å². The van der Waals surface area contributed by atoms with Crippen molar-refractivity contribution in [3.05, 3.63) is 78.4 Å². The summed E-state index contributed by atoms with van der Waals surface area (Å²) in [5, 5.41) is 0.855. The number of allylic oxidation sites excluding steroid dienone is 1. The number of benzene rings is 2. The molecule has 0 unspecified atom stereocenters. The predicted octanol–water partition coefficient (Wildman–Crippen LogP) is 4.74. The number of nitrogens with zero attached hydrogens (tertiary/aromatic N) is 5. The number of aryl methyl sites for hydroxylation is 1. The number of halogens is 2. The van der Waals surface area contributed by atoms with E-state index in [9.17, 15) is 17.2 Å². The predicted molar refractivity (Wildman–Crippen MR) is 150 cm³/mol. The number of anilines is 2. The molecule has 0 aliphatic carbocycles. The van der Waals surface area contributed by atoms with E-state index in [1.807, 2.05) is 38.1 Å². The molecule has 40 heavy (non-hydrogen) atoms. The Hall–Kier alpha value is -4.32. The average molecular weight is 567 g/mol. The van der Waals surface area contributed by atoms with Gasteiger partial charge in [-0.3, -0.25) is 4.72 Å². The van der Waals surface area contributed by atoms with Crippen LogP contribution in [0.5, 0.6) is 5.88 Å². The molecule has 0 radical (unpaired) electrons. The van der Waals surface area contributed by atoms with E-state index in [4.69, 9.17) is 9.72 Å². The minimum atomic E-state index is -4.41. The van der Waals surface area contributed by atoms with Crippen LogP contribution in [0, 0.1) is 18.6 Å². The molecule has 2 aromatic carbocycles. The van der Waals surface area contributed by atoms with Crippen molar-refractivity contribution in [1.82, 2.24) is 19.9 Å². The number of nitrogens with one attached hydrogen (secondary N) is 1. The highest BCUT2D eigenvalue weighted by atomic mass is 32.2. The highest BCUT2D eigenvalue weighted by molar-refractivity contribution is 7.92. The molecule has 0 amide bonds. The van der Waals surface area contributed by atoms with Crippen LogP contribution in [-0.2, 0) is 10.0 Å². The third-order valence-corrected chi connectivity index (χ3v) is 7.97. The van der Waals surface area contributed by atoms with Crippen LogP contribution in [0.4, 0.5) is 20.3 Å². The monoisotopic (exact) mass is 566 g/mol. The molecule has 1 fully saturated rings. The maximum atomic E-state index is 14.3. The zero-order valence-corrected chi connectivity index (χ0v) is 23.0. The molecule has 4 aromatic rings. The number of aromatic nitrogens is 3. The number of fused-ring (bicyclic) bond motifs is 1. The molecule has 3 heterocycles. The fourth-order valence-corrected chi connectivity index (χ4v) is 5.79. The summed E-state index contributed by atoms with van der Waals surface area (Å²) >= 11 is 0. The number of hydrogen-bond donors (Lipinski definition) is 1. The molecule has 0 saturated carbocycles. The van der Waals surface area contributed by atoms with Gasteiger partial charge in [-0.25, -0.2) is 32.2 Å². The molecule has 5 rings (SSSR count). The van der Waals surface area contributed by atoms with Crippen molar-refractivity contribution in [1.29, 1.82) is 0 Å². The maximum Gasteiger partial charge on any atom is 0.264 e. The van der Waals surface area contributed by atoms with E-state index in [-0.39, 0.29) is 11.6 Å². The quantitative estimate of drug-likeness (QED) is 0.342. The Labute approximate surface area is 231 Å². The summed E-state index contributed by atoms with van der Waals surface area (Å²) in [6.45, 7) is 7.21. The summed E-state index contributed by atoms with van der Waals surface area (Å²) in [6.07, 6.45) is 5.67. The topological polar surface area (TPSA) is 101 Å². The molecule has 0 spiro atoms. The molecule has 0 atom stereocenters. The van der Waals surface area contributed by atoms with Gasteiger partial charge in [-0.05, 0) is 55.9 Å². The number of piperazine rings is 1. The standard InChI is InChI=1S/C28H28F2N6O3S/c1-4-9-35-10-12-36(13-11-35)27-22-14-19(5-7-24(22)32-18(2)33-27)20-15-25(28(39-3)31-17-20)34-40(37,38)26-8-6-21(29)16-23(26)30/h4-9,14-17,34H,10-13H2,1-3H3. The Kier molecular flexibility index (Phi) is 7.53. The number of rotatable bonds is 7. The summed E-state index contributed by atoms with van der Waals surface area (Å²) in [7, 11) is -3.07. The van der Waals surface area contributed by atoms with Crippen LogP contribution in [0.3, 0.4) is 0 Å². The first-order chi connectivity index (χ1) is 19.2. The number of pyridine rings is 1. The molecule has 2 aromatic heterocycles. The number of ether oxygens (including phenoxy) is 1. The first-order valence-corrected chi connectivity index (χ1v) is 14.1. The Morgan fingerprint density at radius 1 is 1.00 bits per heavy atom. The van der Waals surface area contributed by atoms with E-state index in [0.717, 1.165) is 60.6 Å². The average Bonchev–Trinajstić information content (AvgIpc) is 2.92. The molecule has 0 bridgehead atoms. The van der Waals surface area contributed by atoms with Crippen LogP contribution in [-0.4, -0.2) is 61.6 Å². The van der Waals surface area contributed by atoms with E-state index in [1.54, 1.807) is 12.3 Å². The number of methoxy groups -OCH3 is 1. The van der Waals surface area contributed by atoms with Crippen molar-refractivity contribution in [3.8, 4) is 17.0 Å². The lowest BCUT2D eigenvalue weighted by Gasteiger charge is -2.35. The van der Waals surface area contributed by atoms with Gasteiger partial charge in [0.25, 0.3) is 10.0 Å². The lowest BCUT2D eigenvalue weighted by atomic mass is 10.0. The van der Waals surface area contributed by atoms with Crippen LogP contribution >= 0.6 is 0 Å². The first-order valence-electron chi connectivity index (χ1n) is 12.6.